The van der Waals surface area contributed by atoms with Gasteiger partial charge in [-0.05, 0) is 49.5 Å². The van der Waals surface area contributed by atoms with Crippen LogP contribution in [0.3, 0.4) is 0 Å². The predicted molar refractivity (Wildman–Crippen MR) is 91.2 cm³/mol. The Kier molecular flexibility index (Phi) is 5.11. The zero-order chi connectivity index (χ0) is 15.5. The quantitative estimate of drug-likeness (QED) is 0.868. The first-order valence-electron chi connectivity index (χ1n) is 8.39. The highest BCUT2D eigenvalue weighted by Crippen LogP contribution is 2.41. The summed E-state index contributed by atoms with van der Waals surface area (Å²) >= 11 is 0. The summed E-state index contributed by atoms with van der Waals surface area (Å²) in [4.78, 5) is 0. The Balaban J connectivity index is 2.00. The molecule has 2 rings (SSSR count). The van der Waals surface area contributed by atoms with Crippen molar-refractivity contribution in [3.05, 3.63) is 35.9 Å². The predicted octanol–water partition coefficient (Wildman–Crippen LogP) is 4.27. The second kappa shape index (κ2) is 6.50. The average Bonchev–Trinajstić information content (AvgIpc) is 2.47. The van der Waals surface area contributed by atoms with Crippen LogP contribution in [0.5, 0.6) is 0 Å². The standard InChI is InChI=1S/C19H32N2/c1-15(16-8-6-5-7-9-16)21-19(14-20)12-10-17(11-13-19)18(2,3)4/h5-9,15,17,21H,10-14,20H2,1-4H3. The van der Waals surface area contributed by atoms with Gasteiger partial charge < -0.3 is 11.1 Å². The Morgan fingerprint density at radius 3 is 2.24 bits per heavy atom. The van der Waals surface area contributed by atoms with Gasteiger partial charge in [-0.25, -0.2) is 0 Å². The largest absolute Gasteiger partial charge is 0.329 e. The SMILES string of the molecule is CC(NC1(CN)CCC(C(C)(C)C)CC1)c1ccccc1. The van der Waals surface area contributed by atoms with Gasteiger partial charge in [-0.2, -0.15) is 0 Å². The van der Waals surface area contributed by atoms with Crippen LogP contribution < -0.4 is 11.1 Å². The minimum Gasteiger partial charge on any atom is -0.329 e. The minimum atomic E-state index is 0.122. The van der Waals surface area contributed by atoms with E-state index < -0.39 is 0 Å². The lowest BCUT2D eigenvalue weighted by molar-refractivity contribution is 0.111. The van der Waals surface area contributed by atoms with Crippen molar-refractivity contribution in [3.63, 3.8) is 0 Å². The molecule has 0 saturated heterocycles. The average molecular weight is 288 g/mol. The highest BCUT2D eigenvalue weighted by Gasteiger charge is 2.38. The van der Waals surface area contributed by atoms with E-state index in [0.29, 0.717) is 11.5 Å². The number of hydrogen-bond donors (Lipinski definition) is 2. The fraction of sp³-hybridized carbons (Fsp3) is 0.684. The van der Waals surface area contributed by atoms with E-state index >= 15 is 0 Å². The van der Waals surface area contributed by atoms with E-state index in [9.17, 15) is 0 Å². The zero-order valence-corrected chi connectivity index (χ0v) is 14.2. The van der Waals surface area contributed by atoms with E-state index in [1.807, 2.05) is 0 Å². The summed E-state index contributed by atoms with van der Waals surface area (Å²) in [6, 6.07) is 11.0. The molecule has 21 heavy (non-hydrogen) atoms. The lowest BCUT2D eigenvalue weighted by Gasteiger charge is -2.45. The molecule has 2 nitrogen and oxygen atoms in total. The third-order valence-corrected chi connectivity index (χ3v) is 5.38. The van der Waals surface area contributed by atoms with Crippen molar-refractivity contribution in [1.29, 1.82) is 0 Å². The van der Waals surface area contributed by atoms with Gasteiger partial charge in [0.25, 0.3) is 0 Å². The molecule has 118 valence electrons. The van der Waals surface area contributed by atoms with Crippen molar-refractivity contribution in [2.24, 2.45) is 17.1 Å². The van der Waals surface area contributed by atoms with Crippen LogP contribution in [0.4, 0.5) is 0 Å². The van der Waals surface area contributed by atoms with E-state index in [2.05, 4.69) is 63.3 Å². The molecule has 0 aromatic heterocycles. The second-order valence-electron chi connectivity index (χ2n) is 7.90. The Morgan fingerprint density at radius 1 is 1.19 bits per heavy atom. The Labute approximate surface area is 130 Å². The first-order chi connectivity index (χ1) is 9.86. The molecule has 1 atom stereocenters. The van der Waals surface area contributed by atoms with Crippen molar-refractivity contribution in [1.82, 2.24) is 5.32 Å². The summed E-state index contributed by atoms with van der Waals surface area (Å²) in [6.45, 7) is 10.1. The molecule has 3 N–H and O–H groups in total. The third-order valence-electron chi connectivity index (χ3n) is 5.38. The molecular weight excluding hydrogens is 256 g/mol. The van der Waals surface area contributed by atoms with Gasteiger partial charge in [0.15, 0.2) is 0 Å². The Hall–Kier alpha value is -0.860. The lowest BCUT2D eigenvalue weighted by Crippen LogP contribution is -2.54. The number of hydrogen-bond acceptors (Lipinski definition) is 2. The van der Waals surface area contributed by atoms with E-state index in [0.717, 1.165) is 12.5 Å². The molecule has 0 heterocycles. The highest BCUT2D eigenvalue weighted by molar-refractivity contribution is 5.19. The van der Waals surface area contributed by atoms with E-state index in [4.69, 9.17) is 5.73 Å². The van der Waals surface area contributed by atoms with Crippen molar-refractivity contribution >= 4 is 0 Å². The van der Waals surface area contributed by atoms with E-state index in [1.165, 1.54) is 31.2 Å². The molecule has 1 saturated carbocycles. The normalized spacial score (nSPS) is 28.3. The molecule has 1 unspecified atom stereocenters. The molecule has 1 aromatic rings. The summed E-state index contributed by atoms with van der Waals surface area (Å²) < 4.78 is 0. The molecule has 1 aliphatic rings. The number of benzene rings is 1. The smallest absolute Gasteiger partial charge is 0.0309 e. The first kappa shape index (κ1) is 16.5. The maximum absolute atomic E-state index is 6.16. The van der Waals surface area contributed by atoms with Crippen LogP contribution in [0, 0.1) is 11.3 Å². The fourth-order valence-corrected chi connectivity index (χ4v) is 3.73. The van der Waals surface area contributed by atoms with Gasteiger partial charge in [0.2, 0.25) is 0 Å². The molecule has 1 aromatic carbocycles. The van der Waals surface area contributed by atoms with Crippen molar-refractivity contribution in [3.8, 4) is 0 Å². The monoisotopic (exact) mass is 288 g/mol. The zero-order valence-electron chi connectivity index (χ0n) is 14.2. The third kappa shape index (κ3) is 4.08. The lowest BCUT2D eigenvalue weighted by atomic mass is 9.67. The van der Waals surface area contributed by atoms with Crippen LogP contribution in [0.2, 0.25) is 0 Å². The van der Waals surface area contributed by atoms with Crippen molar-refractivity contribution < 1.29 is 0 Å². The molecule has 2 heteroatoms. The topological polar surface area (TPSA) is 38.0 Å². The molecule has 0 bridgehead atoms. The maximum atomic E-state index is 6.16. The molecule has 1 fully saturated rings. The minimum absolute atomic E-state index is 0.122. The van der Waals surface area contributed by atoms with Crippen LogP contribution in [0.25, 0.3) is 0 Å². The van der Waals surface area contributed by atoms with Gasteiger partial charge in [-0.1, -0.05) is 51.1 Å². The van der Waals surface area contributed by atoms with Gasteiger partial charge in [0, 0.05) is 18.1 Å². The summed E-state index contributed by atoms with van der Waals surface area (Å²) in [5.74, 6) is 0.825. The van der Waals surface area contributed by atoms with E-state index in [1.54, 1.807) is 0 Å². The van der Waals surface area contributed by atoms with Crippen molar-refractivity contribution in [2.75, 3.05) is 6.54 Å². The molecule has 0 radical (unpaired) electrons. The van der Waals surface area contributed by atoms with Gasteiger partial charge in [-0.15, -0.1) is 0 Å². The van der Waals surface area contributed by atoms with Crippen LogP contribution >= 0.6 is 0 Å². The van der Waals surface area contributed by atoms with Crippen LogP contribution in [0.1, 0.15) is 65.0 Å². The Morgan fingerprint density at radius 2 is 1.76 bits per heavy atom. The van der Waals surface area contributed by atoms with Crippen molar-refractivity contribution in [2.45, 2.75) is 65.0 Å². The van der Waals surface area contributed by atoms with Gasteiger partial charge >= 0.3 is 0 Å². The number of nitrogens with one attached hydrogen (secondary N) is 1. The molecule has 0 spiro atoms. The number of rotatable bonds is 4. The van der Waals surface area contributed by atoms with Crippen LogP contribution in [0.15, 0.2) is 30.3 Å². The second-order valence-corrected chi connectivity index (χ2v) is 7.90. The molecule has 0 amide bonds. The highest BCUT2D eigenvalue weighted by atomic mass is 15.0. The van der Waals surface area contributed by atoms with Crippen LogP contribution in [-0.2, 0) is 0 Å². The molecule has 0 aliphatic heterocycles. The van der Waals surface area contributed by atoms with Gasteiger partial charge in [-0.3, -0.25) is 0 Å². The summed E-state index contributed by atoms with van der Waals surface area (Å²) in [7, 11) is 0. The fourth-order valence-electron chi connectivity index (χ4n) is 3.73. The number of nitrogens with two attached hydrogens (primary N) is 1. The molecule has 1 aliphatic carbocycles. The first-order valence-corrected chi connectivity index (χ1v) is 8.39. The Bertz CT molecular complexity index is 425. The summed E-state index contributed by atoms with van der Waals surface area (Å²) in [5, 5.41) is 3.85. The summed E-state index contributed by atoms with van der Waals surface area (Å²) in [6.07, 6.45) is 4.97. The van der Waals surface area contributed by atoms with Gasteiger partial charge in [0.1, 0.15) is 0 Å². The summed E-state index contributed by atoms with van der Waals surface area (Å²) in [5.41, 5.74) is 8.05. The molecular formula is C19H32N2. The van der Waals surface area contributed by atoms with E-state index in [-0.39, 0.29) is 5.54 Å². The van der Waals surface area contributed by atoms with Gasteiger partial charge in [0.05, 0.1) is 0 Å². The van der Waals surface area contributed by atoms with Crippen LogP contribution in [-0.4, -0.2) is 12.1 Å². The maximum Gasteiger partial charge on any atom is 0.0309 e.